The van der Waals surface area contributed by atoms with Gasteiger partial charge in [-0.3, -0.25) is 25.1 Å². The first kappa shape index (κ1) is 22.6. The van der Waals surface area contributed by atoms with Gasteiger partial charge in [0, 0.05) is 32.2 Å². The van der Waals surface area contributed by atoms with E-state index in [2.05, 4.69) is 58.7 Å². The van der Waals surface area contributed by atoms with Crippen molar-refractivity contribution in [1.29, 1.82) is 0 Å². The molecule has 3 aromatic rings. The van der Waals surface area contributed by atoms with Crippen LogP contribution in [0.2, 0.25) is 0 Å². The molecule has 0 saturated carbocycles. The smallest absolute Gasteiger partial charge is 0.282 e. The van der Waals surface area contributed by atoms with Gasteiger partial charge in [0.25, 0.3) is 11.6 Å². The predicted molar refractivity (Wildman–Crippen MR) is 131 cm³/mol. The maximum absolute atomic E-state index is 12.6. The van der Waals surface area contributed by atoms with Crippen molar-refractivity contribution in [3.05, 3.63) is 112 Å². The zero-order valence-electron chi connectivity index (χ0n) is 18.0. The van der Waals surface area contributed by atoms with Crippen molar-refractivity contribution in [3.8, 4) is 0 Å². The van der Waals surface area contributed by atoms with Crippen molar-refractivity contribution in [3.63, 3.8) is 0 Å². The van der Waals surface area contributed by atoms with Crippen molar-refractivity contribution in [2.45, 2.75) is 6.04 Å². The zero-order valence-corrected chi connectivity index (χ0v) is 18.8. The quantitative estimate of drug-likeness (QED) is 0.352. The van der Waals surface area contributed by atoms with E-state index < -0.39 is 10.8 Å². The lowest BCUT2D eigenvalue weighted by molar-refractivity contribution is -0.385. The Morgan fingerprint density at radius 3 is 1.91 bits per heavy atom. The summed E-state index contributed by atoms with van der Waals surface area (Å²) in [4.78, 5) is 27.6. The SMILES string of the molecule is O=C(NC(=S)N1CCN(C(c2ccccc2)c2ccccc2)CC1)c1ccccc1[N+](=O)[O-]. The summed E-state index contributed by atoms with van der Waals surface area (Å²) in [6.07, 6.45) is 0. The zero-order chi connectivity index (χ0) is 23.2. The van der Waals surface area contributed by atoms with Gasteiger partial charge in [-0.25, -0.2) is 0 Å². The lowest BCUT2D eigenvalue weighted by atomic mass is 9.96. The molecule has 0 aliphatic carbocycles. The molecule has 1 saturated heterocycles. The fraction of sp³-hybridized carbons (Fsp3) is 0.200. The largest absolute Gasteiger partial charge is 0.346 e. The summed E-state index contributed by atoms with van der Waals surface area (Å²) >= 11 is 5.46. The topological polar surface area (TPSA) is 78.7 Å². The standard InChI is InChI=1S/C25H24N4O3S/c30-24(21-13-7-8-14-22(21)29(31)32)26-25(33)28-17-15-27(16-18-28)23(19-9-3-1-4-10-19)20-11-5-2-6-12-20/h1-14,23H,15-18H2,(H,26,30,33). The van der Waals surface area contributed by atoms with E-state index in [9.17, 15) is 14.9 Å². The number of amides is 1. The average Bonchev–Trinajstić information content (AvgIpc) is 2.86. The second-order valence-corrected chi connectivity index (χ2v) is 8.17. The average molecular weight is 461 g/mol. The molecular formula is C25H24N4O3S. The number of hydrogen-bond acceptors (Lipinski definition) is 5. The third-order valence-electron chi connectivity index (χ3n) is 5.76. The van der Waals surface area contributed by atoms with Crippen LogP contribution < -0.4 is 5.32 Å². The molecule has 0 spiro atoms. The summed E-state index contributed by atoms with van der Waals surface area (Å²) in [5.74, 6) is -0.568. The minimum Gasteiger partial charge on any atom is -0.346 e. The van der Waals surface area contributed by atoms with Gasteiger partial charge in [-0.1, -0.05) is 72.8 Å². The number of nitrogens with zero attached hydrogens (tertiary/aromatic N) is 3. The summed E-state index contributed by atoms with van der Waals surface area (Å²) in [6.45, 7) is 2.81. The molecule has 0 bridgehead atoms. The van der Waals surface area contributed by atoms with E-state index in [0.717, 1.165) is 13.1 Å². The Morgan fingerprint density at radius 2 is 1.36 bits per heavy atom. The highest BCUT2D eigenvalue weighted by atomic mass is 32.1. The van der Waals surface area contributed by atoms with Crippen molar-refractivity contribution in [2.75, 3.05) is 26.2 Å². The molecule has 33 heavy (non-hydrogen) atoms. The number of carbonyl (C=O) groups excluding carboxylic acids is 1. The molecule has 0 unspecified atom stereocenters. The van der Waals surface area contributed by atoms with Crippen LogP contribution in [0.3, 0.4) is 0 Å². The molecular weight excluding hydrogens is 436 g/mol. The highest BCUT2D eigenvalue weighted by molar-refractivity contribution is 7.80. The van der Waals surface area contributed by atoms with Crippen LogP contribution in [0.25, 0.3) is 0 Å². The van der Waals surface area contributed by atoms with Crippen LogP contribution in [-0.4, -0.2) is 51.9 Å². The second-order valence-electron chi connectivity index (χ2n) is 7.78. The summed E-state index contributed by atoms with van der Waals surface area (Å²) < 4.78 is 0. The van der Waals surface area contributed by atoms with Crippen LogP contribution >= 0.6 is 12.2 Å². The van der Waals surface area contributed by atoms with Gasteiger partial charge in [-0.2, -0.15) is 0 Å². The molecule has 168 valence electrons. The van der Waals surface area contributed by atoms with Gasteiger partial charge in [0.15, 0.2) is 5.11 Å². The molecule has 1 aliphatic heterocycles. The summed E-state index contributed by atoms with van der Waals surface area (Å²) in [5.41, 5.74) is 2.21. The second kappa shape index (κ2) is 10.3. The van der Waals surface area contributed by atoms with Crippen LogP contribution in [0.1, 0.15) is 27.5 Å². The van der Waals surface area contributed by atoms with E-state index >= 15 is 0 Å². The number of piperazine rings is 1. The molecule has 7 nitrogen and oxygen atoms in total. The maximum Gasteiger partial charge on any atom is 0.282 e. The number of benzene rings is 3. The molecule has 3 aromatic carbocycles. The lowest BCUT2D eigenvalue weighted by Gasteiger charge is -2.40. The van der Waals surface area contributed by atoms with Crippen LogP contribution in [0.4, 0.5) is 5.69 Å². The van der Waals surface area contributed by atoms with Crippen molar-refractivity contribution < 1.29 is 9.72 Å². The normalized spacial score (nSPS) is 14.2. The third-order valence-corrected chi connectivity index (χ3v) is 6.12. The molecule has 1 heterocycles. The highest BCUT2D eigenvalue weighted by Gasteiger charge is 2.28. The number of nitrogens with one attached hydrogen (secondary N) is 1. The maximum atomic E-state index is 12.6. The number of thiocarbonyl (C=S) groups is 1. The molecule has 4 rings (SSSR count). The Kier molecular flexibility index (Phi) is 7.07. The molecule has 1 amide bonds. The van der Waals surface area contributed by atoms with Gasteiger partial charge in [0.1, 0.15) is 5.56 Å². The van der Waals surface area contributed by atoms with Crippen molar-refractivity contribution in [1.82, 2.24) is 15.1 Å². The molecule has 0 atom stereocenters. The fourth-order valence-electron chi connectivity index (χ4n) is 4.14. The Hall–Kier alpha value is -3.62. The number of hydrogen-bond donors (Lipinski definition) is 1. The summed E-state index contributed by atoms with van der Waals surface area (Å²) in [5, 5.41) is 14.2. The van der Waals surface area contributed by atoms with Crippen LogP contribution in [0.5, 0.6) is 0 Å². The summed E-state index contributed by atoms with van der Waals surface area (Å²) in [7, 11) is 0. The molecule has 0 radical (unpaired) electrons. The molecule has 0 aromatic heterocycles. The summed E-state index contributed by atoms with van der Waals surface area (Å²) in [6, 6.07) is 26.8. The number of para-hydroxylation sites is 1. The minimum atomic E-state index is -0.568. The number of nitro groups is 1. The van der Waals surface area contributed by atoms with Crippen LogP contribution in [0.15, 0.2) is 84.9 Å². The van der Waals surface area contributed by atoms with Crippen LogP contribution in [0, 0.1) is 10.1 Å². The van der Waals surface area contributed by atoms with Gasteiger partial charge in [-0.05, 0) is 29.4 Å². The Morgan fingerprint density at radius 1 is 0.848 bits per heavy atom. The first-order valence-corrected chi connectivity index (χ1v) is 11.1. The Bertz CT molecular complexity index is 1090. The first-order valence-electron chi connectivity index (χ1n) is 10.7. The van der Waals surface area contributed by atoms with Gasteiger partial charge < -0.3 is 4.90 Å². The minimum absolute atomic E-state index is 0.00305. The van der Waals surface area contributed by atoms with Gasteiger partial charge in [-0.15, -0.1) is 0 Å². The van der Waals surface area contributed by atoms with Crippen LogP contribution in [-0.2, 0) is 0 Å². The lowest BCUT2D eigenvalue weighted by Crippen LogP contribution is -2.53. The number of carbonyl (C=O) groups is 1. The van der Waals surface area contributed by atoms with E-state index in [4.69, 9.17) is 12.2 Å². The van der Waals surface area contributed by atoms with Gasteiger partial charge >= 0.3 is 0 Å². The van der Waals surface area contributed by atoms with E-state index in [0.29, 0.717) is 13.1 Å². The first-order chi connectivity index (χ1) is 16.0. The molecule has 1 N–H and O–H groups in total. The highest BCUT2D eigenvalue weighted by Crippen LogP contribution is 2.29. The fourth-order valence-corrected chi connectivity index (χ4v) is 4.41. The molecule has 8 heteroatoms. The predicted octanol–water partition coefficient (Wildman–Crippen LogP) is 4.02. The van der Waals surface area contributed by atoms with E-state index in [1.165, 1.54) is 29.3 Å². The Balaban J connectivity index is 1.43. The van der Waals surface area contributed by atoms with Gasteiger partial charge in [0.2, 0.25) is 0 Å². The van der Waals surface area contributed by atoms with Crippen molar-refractivity contribution in [2.24, 2.45) is 0 Å². The van der Waals surface area contributed by atoms with Gasteiger partial charge in [0.05, 0.1) is 11.0 Å². The van der Waals surface area contributed by atoms with E-state index in [1.807, 2.05) is 17.0 Å². The Labute approximate surface area is 197 Å². The van der Waals surface area contributed by atoms with E-state index in [1.54, 1.807) is 6.07 Å². The number of nitro benzene ring substituents is 1. The molecule has 1 aliphatic rings. The number of rotatable bonds is 5. The van der Waals surface area contributed by atoms with Crippen molar-refractivity contribution >= 4 is 28.9 Å². The molecule has 1 fully saturated rings. The third kappa shape index (κ3) is 5.24. The van der Waals surface area contributed by atoms with E-state index in [-0.39, 0.29) is 22.4 Å². The monoisotopic (exact) mass is 460 g/mol.